The van der Waals surface area contributed by atoms with E-state index in [1.807, 2.05) is 54.6 Å². The molecule has 0 aliphatic rings. The highest BCUT2D eigenvalue weighted by Crippen LogP contribution is 2.24. The average Bonchev–Trinajstić information content (AvgIpc) is 2.84. The van der Waals surface area contributed by atoms with E-state index >= 15 is 0 Å². The van der Waals surface area contributed by atoms with Crippen LogP contribution < -0.4 is 14.9 Å². The molecular formula is C25H19Cl2N3O3. The minimum Gasteiger partial charge on any atom is -0.489 e. The average molecular weight is 480 g/mol. The molecule has 0 aliphatic heterocycles. The molecule has 1 heterocycles. The maximum absolute atomic E-state index is 12.1. The fraction of sp³-hybridized carbons (Fsp3) is 0.0800. The van der Waals surface area contributed by atoms with Gasteiger partial charge in [-0.1, -0.05) is 47.5 Å². The molecule has 0 spiro atoms. The van der Waals surface area contributed by atoms with Crippen molar-refractivity contribution < 1.29 is 14.3 Å². The first-order chi connectivity index (χ1) is 16.1. The highest BCUT2D eigenvalue weighted by Gasteiger charge is 2.06. The van der Waals surface area contributed by atoms with E-state index in [0.29, 0.717) is 33.7 Å². The van der Waals surface area contributed by atoms with Crippen LogP contribution in [0.2, 0.25) is 10.0 Å². The number of benzene rings is 3. The number of pyridine rings is 1. The Bertz CT molecular complexity index is 1290. The normalized spacial score (nSPS) is 11.0. The molecule has 1 amide bonds. The van der Waals surface area contributed by atoms with Crippen molar-refractivity contribution in [3.05, 3.63) is 100 Å². The van der Waals surface area contributed by atoms with Gasteiger partial charge in [0.25, 0.3) is 5.91 Å². The number of rotatable bonds is 8. The molecule has 0 aliphatic carbocycles. The second kappa shape index (κ2) is 10.8. The van der Waals surface area contributed by atoms with Crippen molar-refractivity contribution in [2.24, 2.45) is 5.10 Å². The van der Waals surface area contributed by atoms with Gasteiger partial charge < -0.3 is 9.47 Å². The third-order valence-electron chi connectivity index (χ3n) is 4.63. The Labute approximate surface area is 200 Å². The molecule has 33 heavy (non-hydrogen) atoms. The quantitative estimate of drug-likeness (QED) is 0.261. The lowest BCUT2D eigenvalue weighted by Crippen LogP contribution is -2.24. The SMILES string of the molecule is O=C(COc1cccc2cccnc12)N/N=C/c1ccc(OCc2ccc(Cl)c(Cl)c2)cc1. The number of aromatic nitrogens is 1. The number of hydrazone groups is 1. The van der Waals surface area contributed by atoms with Crippen LogP contribution in [0, 0.1) is 0 Å². The fourth-order valence-electron chi connectivity index (χ4n) is 2.99. The summed E-state index contributed by atoms with van der Waals surface area (Å²) >= 11 is 11.9. The zero-order valence-corrected chi connectivity index (χ0v) is 18.9. The lowest BCUT2D eigenvalue weighted by Gasteiger charge is -2.08. The Morgan fingerprint density at radius 2 is 1.79 bits per heavy atom. The summed E-state index contributed by atoms with van der Waals surface area (Å²) in [6.07, 6.45) is 3.23. The predicted molar refractivity (Wildman–Crippen MR) is 130 cm³/mol. The van der Waals surface area contributed by atoms with Gasteiger partial charge in [0.15, 0.2) is 6.61 Å². The number of hydrogen-bond acceptors (Lipinski definition) is 5. The molecule has 0 bridgehead atoms. The van der Waals surface area contributed by atoms with Crippen molar-refractivity contribution in [1.82, 2.24) is 10.4 Å². The van der Waals surface area contributed by atoms with Crippen molar-refractivity contribution in [1.29, 1.82) is 0 Å². The molecule has 0 radical (unpaired) electrons. The number of nitrogens with zero attached hydrogens (tertiary/aromatic N) is 2. The minimum atomic E-state index is -0.374. The Kier molecular flexibility index (Phi) is 7.40. The molecule has 1 aromatic heterocycles. The number of fused-ring (bicyclic) bond motifs is 1. The van der Waals surface area contributed by atoms with Crippen LogP contribution >= 0.6 is 23.2 Å². The number of para-hydroxylation sites is 1. The molecule has 3 aromatic carbocycles. The first-order valence-electron chi connectivity index (χ1n) is 10.0. The van der Waals surface area contributed by atoms with Gasteiger partial charge in [-0.2, -0.15) is 5.10 Å². The van der Waals surface area contributed by atoms with Gasteiger partial charge >= 0.3 is 0 Å². The molecule has 0 saturated carbocycles. The van der Waals surface area contributed by atoms with Crippen LogP contribution in [0.3, 0.4) is 0 Å². The minimum absolute atomic E-state index is 0.172. The second-order valence-corrected chi connectivity index (χ2v) is 7.83. The second-order valence-electron chi connectivity index (χ2n) is 7.02. The van der Waals surface area contributed by atoms with E-state index in [1.54, 1.807) is 30.6 Å². The van der Waals surface area contributed by atoms with E-state index in [9.17, 15) is 4.79 Å². The predicted octanol–water partition coefficient (Wildman–Crippen LogP) is 5.65. The molecule has 0 saturated heterocycles. The standard InChI is InChI=1S/C25H19Cl2N3O3/c26-21-11-8-18(13-22(21)27)15-32-20-9-6-17(7-10-20)14-29-30-24(31)16-33-23-5-1-3-19-4-2-12-28-25(19)23/h1-14H,15-16H2,(H,30,31)/b29-14+. The van der Waals surface area contributed by atoms with Crippen LogP contribution in [-0.4, -0.2) is 23.7 Å². The zero-order valence-electron chi connectivity index (χ0n) is 17.4. The van der Waals surface area contributed by atoms with Gasteiger partial charge in [-0.25, -0.2) is 5.43 Å². The molecule has 0 unspecified atom stereocenters. The van der Waals surface area contributed by atoms with Gasteiger partial charge in [0, 0.05) is 11.6 Å². The highest BCUT2D eigenvalue weighted by molar-refractivity contribution is 6.42. The van der Waals surface area contributed by atoms with Gasteiger partial charge in [-0.15, -0.1) is 0 Å². The number of carbonyl (C=O) groups is 1. The summed E-state index contributed by atoms with van der Waals surface area (Å²) in [4.78, 5) is 16.4. The molecule has 8 heteroatoms. The van der Waals surface area contributed by atoms with Gasteiger partial charge in [0.1, 0.15) is 23.6 Å². The molecular weight excluding hydrogens is 461 g/mol. The molecule has 1 N–H and O–H groups in total. The number of amides is 1. The van der Waals surface area contributed by atoms with Crippen molar-refractivity contribution in [3.8, 4) is 11.5 Å². The number of hydrogen-bond donors (Lipinski definition) is 1. The lowest BCUT2D eigenvalue weighted by molar-refractivity contribution is -0.123. The van der Waals surface area contributed by atoms with Crippen LogP contribution in [0.4, 0.5) is 0 Å². The van der Waals surface area contributed by atoms with Crippen LogP contribution in [0.5, 0.6) is 11.5 Å². The lowest BCUT2D eigenvalue weighted by atomic mass is 10.2. The van der Waals surface area contributed by atoms with Crippen LogP contribution in [0.1, 0.15) is 11.1 Å². The van der Waals surface area contributed by atoms with Gasteiger partial charge in [0.2, 0.25) is 0 Å². The number of halogens is 2. The van der Waals surface area contributed by atoms with E-state index in [4.69, 9.17) is 32.7 Å². The summed E-state index contributed by atoms with van der Waals surface area (Å²) < 4.78 is 11.3. The van der Waals surface area contributed by atoms with E-state index in [2.05, 4.69) is 15.5 Å². The van der Waals surface area contributed by atoms with Crippen molar-refractivity contribution in [3.63, 3.8) is 0 Å². The largest absolute Gasteiger partial charge is 0.489 e. The topological polar surface area (TPSA) is 72.8 Å². The van der Waals surface area contributed by atoms with Crippen LogP contribution in [0.25, 0.3) is 10.9 Å². The summed E-state index contributed by atoms with van der Waals surface area (Å²) in [5.74, 6) is 0.865. The van der Waals surface area contributed by atoms with E-state index < -0.39 is 0 Å². The van der Waals surface area contributed by atoms with Gasteiger partial charge in [-0.05, 0) is 59.7 Å². The summed E-state index contributed by atoms with van der Waals surface area (Å²) in [6, 6.07) is 22.0. The number of ether oxygens (including phenoxy) is 2. The summed E-state index contributed by atoms with van der Waals surface area (Å²) in [5, 5.41) is 5.91. The van der Waals surface area contributed by atoms with E-state index in [1.165, 1.54) is 0 Å². The van der Waals surface area contributed by atoms with Crippen LogP contribution in [-0.2, 0) is 11.4 Å². The van der Waals surface area contributed by atoms with E-state index in [0.717, 1.165) is 16.5 Å². The molecule has 166 valence electrons. The first-order valence-corrected chi connectivity index (χ1v) is 10.8. The Morgan fingerprint density at radius 3 is 2.61 bits per heavy atom. The molecule has 6 nitrogen and oxygen atoms in total. The monoisotopic (exact) mass is 479 g/mol. The third kappa shape index (κ3) is 6.22. The Hall–Kier alpha value is -3.61. The maximum atomic E-state index is 12.1. The summed E-state index contributed by atoms with van der Waals surface area (Å²) in [6.45, 7) is 0.196. The van der Waals surface area contributed by atoms with Crippen LogP contribution in [0.15, 0.2) is 84.1 Å². The maximum Gasteiger partial charge on any atom is 0.277 e. The van der Waals surface area contributed by atoms with Crippen molar-refractivity contribution in [2.75, 3.05) is 6.61 Å². The van der Waals surface area contributed by atoms with Crippen molar-refractivity contribution in [2.45, 2.75) is 6.61 Å². The Morgan fingerprint density at radius 1 is 0.970 bits per heavy atom. The highest BCUT2D eigenvalue weighted by atomic mass is 35.5. The molecule has 4 aromatic rings. The van der Waals surface area contributed by atoms with Crippen molar-refractivity contribution >= 4 is 46.2 Å². The first kappa shape index (κ1) is 22.6. The molecule has 0 fully saturated rings. The zero-order chi connectivity index (χ0) is 23.0. The third-order valence-corrected chi connectivity index (χ3v) is 5.37. The summed E-state index contributed by atoms with van der Waals surface area (Å²) in [7, 11) is 0. The smallest absolute Gasteiger partial charge is 0.277 e. The van der Waals surface area contributed by atoms with E-state index in [-0.39, 0.29) is 12.5 Å². The van der Waals surface area contributed by atoms with Gasteiger partial charge in [0.05, 0.1) is 16.3 Å². The molecule has 0 atom stereocenters. The fourth-order valence-corrected chi connectivity index (χ4v) is 3.31. The number of nitrogens with one attached hydrogen (secondary N) is 1. The van der Waals surface area contributed by atoms with Gasteiger partial charge in [-0.3, -0.25) is 9.78 Å². The summed E-state index contributed by atoms with van der Waals surface area (Å²) in [5.41, 5.74) is 4.88. The molecule has 4 rings (SSSR count). The Balaban J connectivity index is 1.25. The number of carbonyl (C=O) groups excluding carboxylic acids is 1.